The Kier molecular flexibility index (Phi) is 5.74. The molecule has 0 fully saturated rings. The predicted molar refractivity (Wildman–Crippen MR) is 97.5 cm³/mol. The average Bonchev–Trinajstić information content (AvgIpc) is 3.04. The number of hydrogen-bond donors (Lipinski definition) is 1. The van der Waals surface area contributed by atoms with Crippen molar-refractivity contribution >= 4 is 28.9 Å². The van der Waals surface area contributed by atoms with E-state index >= 15 is 0 Å². The van der Waals surface area contributed by atoms with Gasteiger partial charge in [-0.15, -0.1) is 11.3 Å². The van der Waals surface area contributed by atoms with Crippen molar-refractivity contribution in [1.29, 1.82) is 0 Å². The maximum Gasteiger partial charge on any atom is 0.350 e. The largest absolute Gasteiger partial charge is 0.451 e. The van der Waals surface area contributed by atoms with Gasteiger partial charge in [-0.2, -0.15) is 0 Å². The van der Waals surface area contributed by atoms with Crippen LogP contribution in [0, 0.1) is 24.4 Å². The number of halogens is 3. The van der Waals surface area contributed by atoms with Gasteiger partial charge in [0.15, 0.2) is 6.61 Å². The van der Waals surface area contributed by atoms with E-state index in [0.29, 0.717) is 22.3 Å². The molecule has 1 aromatic heterocycles. The number of carbonyl (C=O) groups is 2. The second-order valence-corrected chi connectivity index (χ2v) is 6.69. The minimum absolute atomic E-state index is 0.195. The van der Waals surface area contributed by atoms with Gasteiger partial charge in [-0.1, -0.05) is 0 Å². The summed E-state index contributed by atoms with van der Waals surface area (Å²) in [5.74, 6) is -3.65. The molecule has 0 atom stereocenters. The molecule has 9 heteroatoms. The number of ether oxygens (including phenoxy) is 1. The Morgan fingerprint density at radius 2 is 1.75 bits per heavy atom. The van der Waals surface area contributed by atoms with E-state index < -0.39 is 30.1 Å². The first-order chi connectivity index (χ1) is 13.3. The van der Waals surface area contributed by atoms with Crippen LogP contribution < -0.4 is 5.32 Å². The summed E-state index contributed by atoms with van der Waals surface area (Å²) >= 11 is 1.04. The zero-order valence-electron chi connectivity index (χ0n) is 14.5. The molecule has 0 saturated heterocycles. The Balaban J connectivity index is 1.63. The number of amides is 1. The van der Waals surface area contributed by atoms with Crippen molar-refractivity contribution in [3.8, 4) is 10.6 Å². The Labute approximate surface area is 161 Å². The van der Waals surface area contributed by atoms with Crippen molar-refractivity contribution in [1.82, 2.24) is 4.98 Å². The van der Waals surface area contributed by atoms with E-state index in [1.807, 2.05) is 0 Å². The maximum absolute atomic E-state index is 13.5. The van der Waals surface area contributed by atoms with Crippen molar-refractivity contribution in [2.45, 2.75) is 6.92 Å². The highest BCUT2D eigenvalue weighted by atomic mass is 32.1. The van der Waals surface area contributed by atoms with Crippen LogP contribution in [0.15, 0.2) is 42.5 Å². The fourth-order valence-corrected chi connectivity index (χ4v) is 3.24. The van der Waals surface area contributed by atoms with Gasteiger partial charge in [0.1, 0.15) is 27.3 Å². The lowest BCUT2D eigenvalue weighted by molar-refractivity contribution is -0.119. The van der Waals surface area contributed by atoms with E-state index in [0.717, 1.165) is 23.5 Å². The van der Waals surface area contributed by atoms with Crippen LogP contribution in [0.3, 0.4) is 0 Å². The maximum atomic E-state index is 13.5. The van der Waals surface area contributed by atoms with Crippen LogP contribution in [0.1, 0.15) is 15.4 Å². The van der Waals surface area contributed by atoms with Crippen LogP contribution in [0.25, 0.3) is 10.6 Å². The fourth-order valence-electron chi connectivity index (χ4n) is 2.28. The Bertz CT molecular complexity index is 1040. The number of carbonyl (C=O) groups excluding carboxylic acids is 2. The summed E-state index contributed by atoms with van der Waals surface area (Å²) in [6, 6.07) is 8.31. The number of thiazole rings is 1. The number of anilines is 1. The van der Waals surface area contributed by atoms with Crippen molar-refractivity contribution in [3.63, 3.8) is 0 Å². The third kappa shape index (κ3) is 4.55. The molecule has 28 heavy (non-hydrogen) atoms. The van der Waals surface area contributed by atoms with Gasteiger partial charge < -0.3 is 10.1 Å². The third-order valence-corrected chi connectivity index (χ3v) is 4.80. The summed E-state index contributed by atoms with van der Waals surface area (Å²) in [7, 11) is 0. The van der Waals surface area contributed by atoms with E-state index in [1.54, 1.807) is 6.92 Å². The molecule has 0 aliphatic rings. The van der Waals surface area contributed by atoms with Gasteiger partial charge in [-0.05, 0) is 43.3 Å². The molecular weight excluding hydrogens is 393 g/mol. The van der Waals surface area contributed by atoms with Gasteiger partial charge in [-0.3, -0.25) is 4.79 Å². The Hall–Kier alpha value is -3.20. The lowest BCUT2D eigenvalue weighted by Crippen LogP contribution is -2.21. The monoisotopic (exact) mass is 406 g/mol. The molecule has 0 unspecified atom stereocenters. The number of nitrogens with one attached hydrogen (secondary N) is 1. The molecule has 3 rings (SSSR count). The topological polar surface area (TPSA) is 68.3 Å². The average molecular weight is 406 g/mol. The molecule has 0 bridgehead atoms. The molecule has 1 amide bonds. The van der Waals surface area contributed by atoms with E-state index in [4.69, 9.17) is 4.74 Å². The third-order valence-electron chi connectivity index (χ3n) is 3.61. The van der Waals surface area contributed by atoms with Gasteiger partial charge in [0.2, 0.25) is 0 Å². The summed E-state index contributed by atoms with van der Waals surface area (Å²) in [6.07, 6.45) is 0. The molecule has 0 radical (unpaired) electrons. The number of aromatic nitrogens is 1. The highest BCUT2D eigenvalue weighted by molar-refractivity contribution is 7.17. The number of benzene rings is 2. The molecule has 144 valence electrons. The van der Waals surface area contributed by atoms with Crippen molar-refractivity contribution < 1.29 is 27.5 Å². The minimum atomic E-state index is -0.943. The van der Waals surface area contributed by atoms with Gasteiger partial charge in [0.05, 0.1) is 11.4 Å². The van der Waals surface area contributed by atoms with Crippen molar-refractivity contribution in [2.24, 2.45) is 0 Å². The summed E-state index contributed by atoms with van der Waals surface area (Å²) in [4.78, 5) is 28.5. The van der Waals surface area contributed by atoms with E-state index in [1.165, 1.54) is 24.3 Å². The molecule has 5 nitrogen and oxygen atoms in total. The zero-order chi connectivity index (χ0) is 20.3. The van der Waals surface area contributed by atoms with Crippen LogP contribution in [0.4, 0.5) is 18.9 Å². The van der Waals surface area contributed by atoms with Crippen LogP contribution in [-0.2, 0) is 9.53 Å². The smallest absolute Gasteiger partial charge is 0.350 e. The molecule has 0 aliphatic heterocycles. The highest BCUT2D eigenvalue weighted by Gasteiger charge is 2.19. The molecule has 0 saturated carbocycles. The predicted octanol–water partition coefficient (Wildman–Crippen LogP) is 4.33. The van der Waals surface area contributed by atoms with Gasteiger partial charge in [-0.25, -0.2) is 22.9 Å². The van der Waals surface area contributed by atoms with Gasteiger partial charge in [0.25, 0.3) is 5.91 Å². The molecule has 0 spiro atoms. The van der Waals surface area contributed by atoms with E-state index in [-0.39, 0.29) is 16.4 Å². The van der Waals surface area contributed by atoms with Crippen LogP contribution in [0.5, 0.6) is 0 Å². The van der Waals surface area contributed by atoms with Crippen molar-refractivity contribution in [3.05, 3.63) is 70.5 Å². The summed E-state index contributed by atoms with van der Waals surface area (Å²) in [6.45, 7) is 0.951. The number of esters is 1. The second kappa shape index (κ2) is 8.22. The second-order valence-electron chi connectivity index (χ2n) is 5.69. The van der Waals surface area contributed by atoms with Crippen molar-refractivity contribution in [2.75, 3.05) is 11.9 Å². The lowest BCUT2D eigenvalue weighted by atomic mass is 10.2. The molecule has 3 aromatic rings. The highest BCUT2D eigenvalue weighted by Crippen LogP contribution is 2.28. The molecule has 1 heterocycles. The molecule has 0 aliphatic carbocycles. The Morgan fingerprint density at radius 3 is 2.43 bits per heavy atom. The zero-order valence-corrected chi connectivity index (χ0v) is 15.3. The molecular formula is C19H13F3N2O3S. The summed E-state index contributed by atoms with van der Waals surface area (Å²) < 4.78 is 44.3. The summed E-state index contributed by atoms with van der Waals surface area (Å²) in [5, 5.41) is 2.69. The first-order valence-electron chi connectivity index (χ1n) is 7.99. The molecule has 1 N–H and O–H groups in total. The number of rotatable bonds is 5. The van der Waals surface area contributed by atoms with Crippen LogP contribution >= 0.6 is 11.3 Å². The van der Waals surface area contributed by atoms with Crippen LogP contribution in [0.2, 0.25) is 0 Å². The van der Waals surface area contributed by atoms with Gasteiger partial charge in [0, 0.05) is 11.6 Å². The van der Waals surface area contributed by atoms with Crippen LogP contribution in [-0.4, -0.2) is 23.5 Å². The van der Waals surface area contributed by atoms with E-state index in [2.05, 4.69) is 10.3 Å². The SMILES string of the molecule is Cc1nc(-c2ccc(F)cc2)sc1C(=O)OCC(=O)Nc1ccc(F)cc1F. The number of aryl methyl sites for hydroxylation is 1. The van der Waals surface area contributed by atoms with Gasteiger partial charge >= 0.3 is 5.97 Å². The summed E-state index contributed by atoms with van der Waals surface area (Å²) in [5.41, 5.74) is 0.812. The minimum Gasteiger partial charge on any atom is -0.451 e. The fraction of sp³-hybridized carbons (Fsp3) is 0.105. The number of hydrogen-bond acceptors (Lipinski definition) is 5. The Morgan fingerprint density at radius 1 is 1.07 bits per heavy atom. The quantitative estimate of drug-likeness (QED) is 0.641. The molecule has 2 aromatic carbocycles. The first kappa shape index (κ1) is 19.6. The normalized spacial score (nSPS) is 10.6. The first-order valence-corrected chi connectivity index (χ1v) is 8.80. The lowest BCUT2D eigenvalue weighted by Gasteiger charge is -2.07. The van der Waals surface area contributed by atoms with E-state index in [9.17, 15) is 22.8 Å². The number of nitrogens with zero attached hydrogens (tertiary/aromatic N) is 1. The standard InChI is InChI=1S/C19H13F3N2O3S/c1-10-17(28-18(23-10)11-2-4-12(20)5-3-11)19(26)27-9-16(25)24-15-7-6-13(21)8-14(15)22/h2-8H,9H2,1H3,(H,24,25).